The van der Waals surface area contributed by atoms with Crippen molar-refractivity contribution in [3.63, 3.8) is 0 Å². The third-order valence-electron chi connectivity index (χ3n) is 5.73. The molecule has 2 aromatic rings. The highest BCUT2D eigenvalue weighted by molar-refractivity contribution is 7.89. The maximum Gasteiger partial charge on any atom is 0.260 e. The van der Waals surface area contributed by atoms with Crippen LogP contribution in [0.2, 0.25) is 0 Å². The summed E-state index contributed by atoms with van der Waals surface area (Å²) < 4.78 is 33.6. The van der Waals surface area contributed by atoms with Crippen LogP contribution >= 0.6 is 11.3 Å². The Morgan fingerprint density at radius 3 is 2.69 bits per heavy atom. The van der Waals surface area contributed by atoms with E-state index < -0.39 is 10.0 Å². The first-order valence-electron chi connectivity index (χ1n) is 11.0. The summed E-state index contributed by atoms with van der Waals surface area (Å²) in [7, 11) is -3.74. The molecule has 0 bridgehead atoms. The van der Waals surface area contributed by atoms with E-state index in [4.69, 9.17) is 9.72 Å². The number of sulfonamides is 1. The van der Waals surface area contributed by atoms with Crippen molar-refractivity contribution in [1.82, 2.24) is 9.29 Å². The Labute approximate surface area is 193 Å². The number of morpholine rings is 1. The highest BCUT2D eigenvalue weighted by atomic mass is 32.2. The van der Waals surface area contributed by atoms with E-state index in [2.05, 4.69) is 6.58 Å². The standard InChI is InChI=1S/C23H29N3O4S2/c1-4-12-26(23-24-20-10-5-6-11-21(20)31-23)22(27)18-8-7-9-19(13-18)32(28,29)25-14-16(2)30-17(3)15-25/h4,7-9,13,16-17H,1,5-6,10-12,14-15H2,2-3H3/t16-,17-/m0/s1. The molecule has 1 aliphatic heterocycles. The van der Waals surface area contributed by atoms with Crippen molar-refractivity contribution in [2.45, 2.75) is 56.6 Å². The normalized spacial score (nSPS) is 21.7. The fraction of sp³-hybridized carbons (Fsp3) is 0.478. The van der Waals surface area contributed by atoms with E-state index >= 15 is 0 Å². The zero-order valence-corrected chi connectivity index (χ0v) is 20.1. The van der Waals surface area contributed by atoms with Crippen LogP contribution in [0, 0.1) is 0 Å². The number of rotatable bonds is 6. The van der Waals surface area contributed by atoms with Crippen LogP contribution in [-0.4, -0.2) is 55.5 Å². The van der Waals surface area contributed by atoms with Crippen LogP contribution in [0.5, 0.6) is 0 Å². The van der Waals surface area contributed by atoms with Crippen molar-refractivity contribution >= 4 is 32.4 Å². The molecule has 4 rings (SSSR count). The van der Waals surface area contributed by atoms with Gasteiger partial charge in [-0.15, -0.1) is 17.9 Å². The van der Waals surface area contributed by atoms with Crippen LogP contribution in [0.15, 0.2) is 41.8 Å². The largest absolute Gasteiger partial charge is 0.373 e. The van der Waals surface area contributed by atoms with E-state index in [0.717, 1.165) is 31.4 Å². The van der Waals surface area contributed by atoms with Crippen molar-refractivity contribution in [2.75, 3.05) is 24.5 Å². The van der Waals surface area contributed by atoms with E-state index in [-0.39, 0.29) is 36.1 Å². The van der Waals surface area contributed by atoms with Crippen LogP contribution in [0.4, 0.5) is 5.13 Å². The molecule has 0 radical (unpaired) electrons. The number of hydrogen-bond donors (Lipinski definition) is 0. The molecule has 32 heavy (non-hydrogen) atoms. The molecule has 0 saturated carbocycles. The predicted molar refractivity (Wildman–Crippen MR) is 126 cm³/mol. The maximum atomic E-state index is 13.4. The average Bonchev–Trinajstić information content (AvgIpc) is 3.20. The molecule has 1 aromatic carbocycles. The number of ether oxygens (including phenoxy) is 1. The topological polar surface area (TPSA) is 79.8 Å². The first-order chi connectivity index (χ1) is 15.3. The second-order valence-electron chi connectivity index (χ2n) is 8.39. The first-order valence-corrected chi connectivity index (χ1v) is 13.2. The second-order valence-corrected chi connectivity index (χ2v) is 11.4. The SMILES string of the molecule is C=CCN(C(=O)c1cccc(S(=O)(=O)N2C[C@H](C)O[C@@H](C)C2)c1)c1nc2c(s1)CCCC2. The number of fused-ring (bicyclic) bond motifs is 1. The van der Waals surface area contributed by atoms with Gasteiger partial charge in [0.15, 0.2) is 5.13 Å². The van der Waals surface area contributed by atoms with Gasteiger partial charge in [-0.2, -0.15) is 4.31 Å². The lowest BCUT2D eigenvalue weighted by Crippen LogP contribution is -2.48. The van der Waals surface area contributed by atoms with Gasteiger partial charge in [0.05, 0.1) is 22.8 Å². The first kappa shape index (κ1) is 23.1. The molecule has 2 aliphatic rings. The van der Waals surface area contributed by atoms with Gasteiger partial charge in [-0.05, 0) is 57.7 Å². The van der Waals surface area contributed by atoms with Gasteiger partial charge < -0.3 is 4.74 Å². The van der Waals surface area contributed by atoms with Crippen molar-refractivity contribution in [1.29, 1.82) is 0 Å². The number of anilines is 1. The van der Waals surface area contributed by atoms with Crippen LogP contribution in [0.3, 0.4) is 0 Å². The van der Waals surface area contributed by atoms with E-state index in [0.29, 0.717) is 17.2 Å². The molecule has 1 amide bonds. The molecular formula is C23H29N3O4S2. The van der Waals surface area contributed by atoms with Crippen LogP contribution in [-0.2, 0) is 27.6 Å². The molecule has 2 atom stereocenters. The summed E-state index contributed by atoms with van der Waals surface area (Å²) in [6.45, 7) is 8.39. The number of carbonyl (C=O) groups excluding carboxylic acids is 1. The summed E-state index contributed by atoms with van der Waals surface area (Å²) >= 11 is 1.55. The number of amides is 1. The lowest BCUT2D eigenvalue weighted by atomic mass is 10.0. The Balaban J connectivity index is 1.63. The monoisotopic (exact) mass is 475 g/mol. The highest BCUT2D eigenvalue weighted by Gasteiger charge is 2.33. The third kappa shape index (κ3) is 4.66. The lowest BCUT2D eigenvalue weighted by Gasteiger charge is -2.34. The molecule has 0 spiro atoms. The summed E-state index contributed by atoms with van der Waals surface area (Å²) in [5.74, 6) is -0.281. The summed E-state index contributed by atoms with van der Waals surface area (Å²) in [6.07, 6.45) is 5.48. The minimum absolute atomic E-state index is 0.113. The van der Waals surface area contributed by atoms with Gasteiger partial charge in [-0.25, -0.2) is 13.4 Å². The average molecular weight is 476 g/mol. The number of nitrogens with zero attached hydrogens (tertiary/aromatic N) is 3. The number of aryl methyl sites for hydroxylation is 2. The van der Waals surface area contributed by atoms with Gasteiger partial charge >= 0.3 is 0 Å². The van der Waals surface area contributed by atoms with Gasteiger partial charge in [-0.3, -0.25) is 9.69 Å². The van der Waals surface area contributed by atoms with E-state index in [1.807, 2.05) is 13.8 Å². The van der Waals surface area contributed by atoms with E-state index in [1.165, 1.54) is 21.3 Å². The minimum atomic E-state index is -3.74. The molecule has 1 aliphatic carbocycles. The fourth-order valence-corrected chi connectivity index (χ4v) is 7.04. The lowest BCUT2D eigenvalue weighted by molar-refractivity contribution is -0.0440. The zero-order valence-electron chi connectivity index (χ0n) is 18.5. The molecule has 7 nitrogen and oxygen atoms in total. The molecule has 1 saturated heterocycles. The quantitative estimate of drug-likeness (QED) is 0.596. The maximum absolute atomic E-state index is 13.4. The molecular weight excluding hydrogens is 446 g/mol. The Morgan fingerprint density at radius 2 is 2.00 bits per heavy atom. The summed E-state index contributed by atoms with van der Waals surface area (Å²) in [6, 6.07) is 6.27. The van der Waals surface area contributed by atoms with Crippen LogP contribution in [0.1, 0.15) is 47.6 Å². The Morgan fingerprint density at radius 1 is 1.28 bits per heavy atom. The van der Waals surface area contributed by atoms with E-state index in [1.54, 1.807) is 34.4 Å². The van der Waals surface area contributed by atoms with Crippen LogP contribution < -0.4 is 4.90 Å². The van der Waals surface area contributed by atoms with E-state index in [9.17, 15) is 13.2 Å². The Hall–Kier alpha value is -2.07. The smallest absolute Gasteiger partial charge is 0.260 e. The molecule has 9 heteroatoms. The van der Waals surface area contributed by atoms with Gasteiger partial charge in [-0.1, -0.05) is 12.1 Å². The van der Waals surface area contributed by atoms with Crippen LogP contribution in [0.25, 0.3) is 0 Å². The predicted octanol–water partition coefficient (Wildman–Crippen LogP) is 3.65. The summed E-state index contributed by atoms with van der Waals surface area (Å²) in [4.78, 5) is 21.1. The number of carbonyl (C=O) groups is 1. The number of benzene rings is 1. The molecule has 0 N–H and O–H groups in total. The van der Waals surface area contributed by atoms with Gasteiger partial charge in [0.1, 0.15) is 0 Å². The second kappa shape index (κ2) is 9.43. The zero-order chi connectivity index (χ0) is 22.9. The third-order valence-corrected chi connectivity index (χ3v) is 8.74. The number of hydrogen-bond acceptors (Lipinski definition) is 6. The van der Waals surface area contributed by atoms with Gasteiger partial charge in [0.25, 0.3) is 5.91 Å². The van der Waals surface area contributed by atoms with Crippen molar-refractivity contribution < 1.29 is 17.9 Å². The van der Waals surface area contributed by atoms with Gasteiger partial charge in [0.2, 0.25) is 10.0 Å². The summed E-state index contributed by atoms with van der Waals surface area (Å²) in [5, 5.41) is 0.644. The Kier molecular flexibility index (Phi) is 6.80. The summed E-state index contributed by atoms with van der Waals surface area (Å²) in [5.41, 5.74) is 1.39. The minimum Gasteiger partial charge on any atom is -0.373 e. The molecule has 2 heterocycles. The molecule has 1 fully saturated rings. The Bertz CT molecular complexity index is 1080. The van der Waals surface area contributed by atoms with Crippen molar-refractivity contribution in [3.8, 4) is 0 Å². The molecule has 1 aromatic heterocycles. The number of aromatic nitrogens is 1. The molecule has 0 unspecified atom stereocenters. The molecule has 172 valence electrons. The number of thiazole rings is 1. The van der Waals surface area contributed by atoms with Gasteiger partial charge in [0, 0.05) is 30.1 Å². The van der Waals surface area contributed by atoms with Crippen molar-refractivity contribution in [2.24, 2.45) is 0 Å². The van der Waals surface area contributed by atoms with Crippen molar-refractivity contribution in [3.05, 3.63) is 53.1 Å². The highest BCUT2D eigenvalue weighted by Crippen LogP contribution is 2.33. The fourth-order valence-electron chi connectivity index (χ4n) is 4.25.